The van der Waals surface area contributed by atoms with Crippen molar-refractivity contribution in [2.45, 2.75) is 30.9 Å². The third-order valence-electron chi connectivity index (χ3n) is 3.85. The maximum atomic E-state index is 12.2. The lowest BCUT2D eigenvalue weighted by Gasteiger charge is -2.11. The normalized spacial score (nSPS) is 11.6. The van der Waals surface area contributed by atoms with E-state index in [1.807, 2.05) is 42.7 Å². The van der Waals surface area contributed by atoms with Crippen LogP contribution in [0.5, 0.6) is 5.75 Å². The fraction of sp³-hybridized carbons (Fsp3) is 0.263. The van der Waals surface area contributed by atoms with Gasteiger partial charge in [0.1, 0.15) is 11.6 Å². The van der Waals surface area contributed by atoms with Gasteiger partial charge in [0, 0.05) is 5.75 Å². The highest BCUT2D eigenvalue weighted by Crippen LogP contribution is 2.27. The number of ether oxygens (including phenoxy) is 1. The van der Waals surface area contributed by atoms with Crippen LogP contribution in [0.3, 0.4) is 0 Å². The van der Waals surface area contributed by atoms with Crippen LogP contribution in [0.15, 0.2) is 53.7 Å². The fourth-order valence-electron chi connectivity index (χ4n) is 2.52. The molecular weight excluding hydrogens is 375 g/mol. The number of alkyl halides is 3. The van der Waals surface area contributed by atoms with Crippen LogP contribution in [0, 0.1) is 13.8 Å². The standard InChI is InChI=1S/C19H18F3N3OS/c1-13-5-3-4-6-17(13)25-14(2)23-24-18(25)27-11-15-7-9-16(10-8-15)26-12-19(20,21)22/h3-10H,11-12H2,1-2H3. The predicted molar refractivity (Wildman–Crippen MR) is 98.4 cm³/mol. The zero-order chi connectivity index (χ0) is 19.4. The summed E-state index contributed by atoms with van der Waals surface area (Å²) in [7, 11) is 0. The molecule has 142 valence electrons. The predicted octanol–water partition coefficient (Wildman–Crippen LogP) is 5.12. The number of nitrogens with zero attached hydrogens (tertiary/aromatic N) is 3. The van der Waals surface area contributed by atoms with E-state index in [0.717, 1.165) is 27.8 Å². The van der Waals surface area contributed by atoms with E-state index in [4.69, 9.17) is 4.74 Å². The van der Waals surface area contributed by atoms with Crippen LogP contribution >= 0.6 is 11.8 Å². The molecule has 0 saturated carbocycles. The van der Waals surface area contributed by atoms with Gasteiger partial charge < -0.3 is 4.74 Å². The van der Waals surface area contributed by atoms with E-state index in [9.17, 15) is 13.2 Å². The van der Waals surface area contributed by atoms with Gasteiger partial charge in [0.25, 0.3) is 0 Å². The molecular formula is C19H18F3N3OS. The number of aryl methyl sites for hydroxylation is 2. The SMILES string of the molecule is Cc1ccccc1-n1c(C)nnc1SCc1ccc(OCC(F)(F)F)cc1. The Labute approximate surface area is 159 Å². The van der Waals surface area contributed by atoms with Crippen LogP contribution in [-0.2, 0) is 5.75 Å². The van der Waals surface area contributed by atoms with Crippen molar-refractivity contribution in [2.75, 3.05) is 6.61 Å². The van der Waals surface area contributed by atoms with Crippen LogP contribution in [-0.4, -0.2) is 27.5 Å². The van der Waals surface area contributed by atoms with Gasteiger partial charge in [-0.1, -0.05) is 42.1 Å². The molecule has 0 spiro atoms. The zero-order valence-corrected chi connectivity index (χ0v) is 15.6. The minimum atomic E-state index is -4.34. The fourth-order valence-corrected chi connectivity index (χ4v) is 3.47. The lowest BCUT2D eigenvalue weighted by molar-refractivity contribution is -0.153. The molecule has 0 atom stereocenters. The average Bonchev–Trinajstić information content (AvgIpc) is 2.99. The van der Waals surface area contributed by atoms with Crippen LogP contribution in [0.2, 0.25) is 0 Å². The average molecular weight is 393 g/mol. The Hall–Kier alpha value is -2.48. The Morgan fingerprint density at radius 3 is 2.37 bits per heavy atom. The van der Waals surface area contributed by atoms with E-state index in [0.29, 0.717) is 5.75 Å². The maximum absolute atomic E-state index is 12.2. The number of aromatic nitrogens is 3. The molecule has 27 heavy (non-hydrogen) atoms. The van der Waals surface area contributed by atoms with Crippen molar-refractivity contribution < 1.29 is 17.9 Å². The highest BCUT2D eigenvalue weighted by Gasteiger charge is 2.28. The molecule has 3 aromatic rings. The first kappa shape index (κ1) is 19.3. The number of para-hydroxylation sites is 1. The van der Waals surface area contributed by atoms with Crippen LogP contribution in [0.4, 0.5) is 13.2 Å². The number of thioether (sulfide) groups is 1. The van der Waals surface area contributed by atoms with Crippen LogP contribution < -0.4 is 4.74 Å². The summed E-state index contributed by atoms with van der Waals surface area (Å²) in [6.07, 6.45) is -4.34. The molecule has 3 rings (SSSR count). The monoisotopic (exact) mass is 393 g/mol. The topological polar surface area (TPSA) is 39.9 Å². The van der Waals surface area contributed by atoms with Gasteiger partial charge in [-0.05, 0) is 43.2 Å². The Bertz CT molecular complexity index is 907. The van der Waals surface area contributed by atoms with E-state index in [-0.39, 0.29) is 5.75 Å². The summed E-state index contributed by atoms with van der Waals surface area (Å²) in [5.41, 5.74) is 3.10. The molecule has 0 aliphatic rings. The number of halogens is 3. The number of hydrogen-bond donors (Lipinski definition) is 0. The largest absolute Gasteiger partial charge is 0.484 e. The van der Waals surface area contributed by atoms with E-state index in [2.05, 4.69) is 10.2 Å². The Morgan fingerprint density at radius 2 is 1.70 bits per heavy atom. The highest BCUT2D eigenvalue weighted by molar-refractivity contribution is 7.98. The maximum Gasteiger partial charge on any atom is 0.422 e. The lowest BCUT2D eigenvalue weighted by atomic mass is 10.2. The first-order valence-corrected chi connectivity index (χ1v) is 9.21. The van der Waals surface area contributed by atoms with Crippen molar-refractivity contribution >= 4 is 11.8 Å². The van der Waals surface area contributed by atoms with Gasteiger partial charge in [-0.2, -0.15) is 13.2 Å². The molecule has 0 aliphatic heterocycles. The zero-order valence-electron chi connectivity index (χ0n) is 14.8. The second-order valence-electron chi connectivity index (χ2n) is 5.99. The van der Waals surface area contributed by atoms with Gasteiger partial charge in [0.15, 0.2) is 11.8 Å². The second kappa shape index (κ2) is 8.04. The van der Waals surface area contributed by atoms with Crippen molar-refractivity contribution in [1.29, 1.82) is 0 Å². The minimum Gasteiger partial charge on any atom is -0.484 e. The van der Waals surface area contributed by atoms with Crippen LogP contribution in [0.25, 0.3) is 5.69 Å². The number of benzene rings is 2. The first-order chi connectivity index (χ1) is 12.8. The van der Waals surface area contributed by atoms with E-state index < -0.39 is 12.8 Å². The van der Waals surface area contributed by atoms with Crippen molar-refractivity contribution in [3.63, 3.8) is 0 Å². The first-order valence-electron chi connectivity index (χ1n) is 8.23. The molecule has 0 bridgehead atoms. The van der Waals surface area contributed by atoms with Gasteiger partial charge in [-0.3, -0.25) is 4.57 Å². The Balaban J connectivity index is 1.69. The van der Waals surface area contributed by atoms with Crippen molar-refractivity contribution in [3.05, 3.63) is 65.5 Å². The molecule has 0 aliphatic carbocycles. The summed E-state index contributed by atoms with van der Waals surface area (Å²) in [4.78, 5) is 0. The molecule has 0 unspecified atom stereocenters. The smallest absolute Gasteiger partial charge is 0.422 e. The summed E-state index contributed by atoms with van der Waals surface area (Å²) < 4.78 is 43.3. The molecule has 0 amide bonds. The van der Waals surface area contributed by atoms with Gasteiger partial charge >= 0.3 is 6.18 Å². The lowest BCUT2D eigenvalue weighted by Crippen LogP contribution is -2.19. The van der Waals surface area contributed by atoms with Crippen molar-refractivity contribution in [2.24, 2.45) is 0 Å². The summed E-state index contributed by atoms with van der Waals surface area (Å²) in [5.74, 6) is 1.60. The molecule has 0 saturated heterocycles. The molecule has 8 heteroatoms. The third kappa shape index (κ3) is 5.03. The molecule has 4 nitrogen and oxygen atoms in total. The van der Waals surface area contributed by atoms with E-state index in [1.54, 1.807) is 24.3 Å². The molecule has 0 radical (unpaired) electrons. The number of rotatable bonds is 6. The van der Waals surface area contributed by atoms with Gasteiger partial charge in [-0.15, -0.1) is 10.2 Å². The molecule has 1 heterocycles. The van der Waals surface area contributed by atoms with E-state index >= 15 is 0 Å². The molecule has 0 N–H and O–H groups in total. The van der Waals surface area contributed by atoms with Crippen molar-refractivity contribution in [3.8, 4) is 11.4 Å². The molecule has 1 aromatic heterocycles. The quantitative estimate of drug-likeness (QED) is 0.545. The van der Waals surface area contributed by atoms with E-state index in [1.165, 1.54) is 11.8 Å². The van der Waals surface area contributed by atoms with Crippen molar-refractivity contribution in [1.82, 2.24) is 14.8 Å². The Kier molecular flexibility index (Phi) is 5.74. The van der Waals surface area contributed by atoms with Crippen LogP contribution in [0.1, 0.15) is 17.0 Å². The summed E-state index contributed by atoms with van der Waals surface area (Å²) in [5, 5.41) is 9.19. The minimum absolute atomic E-state index is 0.194. The van der Waals surface area contributed by atoms with Gasteiger partial charge in [0.2, 0.25) is 0 Å². The summed E-state index contributed by atoms with van der Waals surface area (Å²) >= 11 is 1.52. The highest BCUT2D eigenvalue weighted by atomic mass is 32.2. The van der Waals surface area contributed by atoms with Gasteiger partial charge in [0.05, 0.1) is 5.69 Å². The molecule has 2 aromatic carbocycles. The van der Waals surface area contributed by atoms with Gasteiger partial charge in [-0.25, -0.2) is 0 Å². The molecule has 0 fully saturated rings. The summed E-state index contributed by atoms with van der Waals surface area (Å²) in [6, 6.07) is 14.6. The summed E-state index contributed by atoms with van der Waals surface area (Å²) in [6.45, 7) is 2.64. The number of hydrogen-bond acceptors (Lipinski definition) is 4. The second-order valence-corrected chi connectivity index (χ2v) is 6.93. The Morgan fingerprint density at radius 1 is 1.00 bits per heavy atom. The third-order valence-corrected chi connectivity index (χ3v) is 4.85.